The average molecular weight is 454 g/mol. The van der Waals surface area contributed by atoms with E-state index in [0.717, 1.165) is 12.1 Å². The fourth-order valence-electron chi connectivity index (χ4n) is 2.09. The van der Waals surface area contributed by atoms with Crippen LogP contribution >= 0.6 is 0 Å². The highest BCUT2D eigenvalue weighted by atomic mass is 32.3. The molecule has 28 heavy (non-hydrogen) atoms. The zero-order valence-electron chi connectivity index (χ0n) is 13.5. The van der Waals surface area contributed by atoms with Gasteiger partial charge < -0.3 is 10.7 Å². The van der Waals surface area contributed by atoms with Gasteiger partial charge in [-0.15, -0.1) is 0 Å². The molecule has 0 bridgehead atoms. The van der Waals surface area contributed by atoms with Crippen LogP contribution in [0.25, 0.3) is 0 Å². The standard InChI is InChI=1S/C13H12F6N2O5S2/c14-12(15,16)27(23,24)11(28(25,26)13(17,18)19)6-9(21-10(22)7-20)8-4-2-1-3-5-8/h1-5,7,9,11,20H,6H2,(H,21,22). The number of halogens is 6. The Balaban J connectivity index is 3.60. The number of amides is 1. The highest BCUT2D eigenvalue weighted by molar-refractivity contribution is 8.09. The molecule has 0 saturated carbocycles. The fourth-order valence-corrected chi connectivity index (χ4v) is 5.56. The van der Waals surface area contributed by atoms with Crippen LogP contribution in [0, 0.1) is 5.41 Å². The van der Waals surface area contributed by atoms with Crippen molar-refractivity contribution in [1.29, 1.82) is 5.41 Å². The molecule has 158 valence electrons. The summed E-state index contributed by atoms with van der Waals surface area (Å²) in [4.78, 5) is 11.4. The van der Waals surface area contributed by atoms with Crippen LogP contribution in [-0.4, -0.2) is 44.6 Å². The molecule has 0 heterocycles. The van der Waals surface area contributed by atoms with Gasteiger partial charge in [0.25, 0.3) is 25.6 Å². The van der Waals surface area contributed by atoms with E-state index >= 15 is 0 Å². The summed E-state index contributed by atoms with van der Waals surface area (Å²) in [5.74, 6) is -1.29. The third-order valence-electron chi connectivity index (χ3n) is 3.42. The molecular formula is C13H12F6N2O5S2. The first-order valence-electron chi connectivity index (χ1n) is 7.02. The maximum Gasteiger partial charge on any atom is 0.498 e. The Morgan fingerprint density at radius 2 is 1.39 bits per heavy atom. The second kappa shape index (κ2) is 8.06. The molecule has 1 atom stereocenters. The Morgan fingerprint density at radius 1 is 0.964 bits per heavy atom. The average Bonchev–Trinajstić information content (AvgIpc) is 2.56. The molecule has 7 nitrogen and oxygen atoms in total. The molecule has 1 amide bonds. The lowest BCUT2D eigenvalue weighted by Crippen LogP contribution is -2.47. The van der Waals surface area contributed by atoms with Gasteiger partial charge in [0, 0.05) is 6.42 Å². The number of sulfone groups is 2. The van der Waals surface area contributed by atoms with E-state index in [1.165, 1.54) is 18.2 Å². The van der Waals surface area contributed by atoms with Crippen molar-refractivity contribution in [1.82, 2.24) is 5.32 Å². The Bertz CT molecular complexity index is 882. The van der Waals surface area contributed by atoms with Crippen LogP contribution in [0.5, 0.6) is 0 Å². The van der Waals surface area contributed by atoms with Crippen molar-refractivity contribution in [2.45, 2.75) is 28.1 Å². The summed E-state index contributed by atoms with van der Waals surface area (Å²) in [5, 5.41) is 8.57. The second-order valence-electron chi connectivity index (χ2n) is 5.26. The number of rotatable bonds is 7. The normalized spacial score (nSPS) is 14.5. The lowest BCUT2D eigenvalue weighted by molar-refractivity contribution is -0.115. The SMILES string of the molecule is N=CC(=O)NC(CC(S(=O)(=O)C(F)(F)F)S(=O)(=O)C(F)(F)F)c1ccccc1. The smallest absolute Gasteiger partial charge is 0.344 e. The predicted octanol–water partition coefficient (Wildman–Crippen LogP) is 2.08. The molecule has 1 aromatic rings. The molecule has 0 aliphatic carbocycles. The van der Waals surface area contributed by atoms with Crippen molar-refractivity contribution >= 4 is 31.8 Å². The van der Waals surface area contributed by atoms with Crippen LogP contribution in [0.3, 0.4) is 0 Å². The molecule has 0 spiro atoms. The molecule has 0 aliphatic heterocycles. The third-order valence-corrected chi connectivity index (χ3v) is 7.99. The summed E-state index contributed by atoms with van der Waals surface area (Å²) < 4.78 is 120. The van der Waals surface area contributed by atoms with Crippen molar-refractivity contribution < 1.29 is 48.0 Å². The van der Waals surface area contributed by atoms with E-state index in [0.29, 0.717) is 0 Å². The number of alkyl halides is 6. The number of hydrogen-bond donors (Lipinski definition) is 2. The van der Waals surface area contributed by atoms with E-state index in [4.69, 9.17) is 5.41 Å². The summed E-state index contributed by atoms with van der Waals surface area (Å²) in [6, 6.07) is 4.29. The van der Waals surface area contributed by atoms with Gasteiger partial charge in [-0.1, -0.05) is 30.3 Å². The molecule has 1 unspecified atom stereocenters. The predicted molar refractivity (Wildman–Crippen MR) is 84.5 cm³/mol. The zero-order chi connectivity index (χ0) is 22.0. The summed E-state index contributed by atoms with van der Waals surface area (Å²) in [5.41, 5.74) is -12.8. The Hall–Kier alpha value is -2.16. The van der Waals surface area contributed by atoms with Crippen molar-refractivity contribution in [2.75, 3.05) is 0 Å². The molecular weight excluding hydrogens is 442 g/mol. The molecule has 15 heteroatoms. The second-order valence-corrected chi connectivity index (χ2v) is 9.81. The quantitative estimate of drug-likeness (QED) is 0.483. The number of carbonyl (C=O) groups is 1. The van der Waals surface area contributed by atoms with Crippen molar-refractivity contribution in [2.24, 2.45) is 0 Å². The highest BCUT2D eigenvalue weighted by Crippen LogP contribution is 2.39. The van der Waals surface area contributed by atoms with E-state index in [9.17, 15) is 48.0 Å². The van der Waals surface area contributed by atoms with Crippen molar-refractivity contribution in [3.05, 3.63) is 35.9 Å². The molecule has 0 aromatic heterocycles. The van der Waals surface area contributed by atoms with E-state index < -0.39 is 53.6 Å². The van der Waals surface area contributed by atoms with Crippen molar-refractivity contribution in [3.63, 3.8) is 0 Å². The minimum absolute atomic E-state index is 0.126. The summed E-state index contributed by atoms with van der Waals surface area (Å²) in [7, 11) is -13.7. The van der Waals surface area contributed by atoms with Crippen LogP contribution in [0.15, 0.2) is 30.3 Å². The van der Waals surface area contributed by atoms with Crippen LogP contribution in [0.4, 0.5) is 26.3 Å². The lowest BCUT2D eigenvalue weighted by Gasteiger charge is -2.25. The number of carbonyl (C=O) groups excluding carboxylic acids is 1. The summed E-state index contributed by atoms with van der Waals surface area (Å²) in [6.07, 6.45) is -1.66. The van der Waals surface area contributed by atoms with Crippen molar-refractivity contribution in [3.8, 4) is 0 Å². The van der Waals surface area contributed by atoms with E-state index in [2.05, 4.69) is 0 Å². The molecule has 0 radical (unpaired) electrons. The molecule has 2 N–H and O–H groups in total. The number of hydrogen-bond acceptors (Lipinski definition) is 6. The van der Waals surface area contributed by atoms with Crippen LogP contribution < -0.4 is 5.32 Å². The zero-order valence-corrected chi connectivity index (χ0v) is 15.1. The Morgan fingerprint density at radius 3 is 1.75 bits per heavy atom. The maximum absolute atomic E-state index is 12.8. The van der Waals surface area contributed by atoms with Crippen LogP contribution in [-0.2, 0) is 24.5 Å². The first kappa shape index (κ1) is 23.9. The summed E-state index contributed by atoms with van der Waals surface area (Å²) in [6.45, 7) is 0. The first-order valence-corrected chi connectivity index (χ1v) is 10.1. The highest BCUT2D eigenvalue weighted by Gasteiger charge is 2.63. The topological polar surface area (TPSA) is 121 Å². The monoisotopic (exact) mass is 454 g/mol. The van der Waals surface area contributed by atoms with Gasteiger partial charge in [0.05, 0.1) is 12.3 Å². The molecule has 0 saturated heterocycles. The van der Waals surface area contributed by atoms with E-state index in [1.54, 1.807) is 0 Å². The lowest BCUT2D eigenvalue weighted by atomic mass is 10.0. The van der Waals surface area contributed by atoms with Crippen LogP contribution in [0.2, 0.25) is 0 Å². The maximum atomic E-state index is 12.8. The minimum atomic E-state index is -6.84. The van der Waals surface area contributed by atoms with Gasteiger partial charge in [-0.25, -0.2) is 16.8 Å². The van der Waals surface area contributed by atoms with Gasteiger partial charge in [0.2, 0.25) is 0 Å². The minimum Gasteiger partial charge on any atom is -0.344 e. The molecule has 0 aliphatic rings. The third kappa shape index (κ3) is 5.01. The van der Waals surface area contributed by atoms with Gasteiger partial charge in [-0.05, 0) is 5.56 Å². The van der Waals surface area contributed by atoms with Crippen LogP contribution in [0.1, 0.15) is 18.0 Å². The van der Waals surface area contributed by atoms with Gasteiger partial charge in [0.1, 0.15) is 0 Å². The Kier molecular flexibility index (Phi) is 6.88. The van der Waals surface area contributed by atoms with E-state index in [-0.39, 0.29) is 11.8 Å². The van der Waals surface area contributed by atoms with Gasteiger partial charge in [0.15, 0.2) is 4.58 Å². The first-order chi connectivity index (χ1) is 12.6. The number of nitrogens with one attached hydrogen (secondary N) is 2. The Labute approximate surface area is 155 Å². The van der Waals surface area contributed by atoms with Gasteiger partial charge >= 0.3 is 11.0 Å². The molecule has 1 rings (SSSR count). The summed E-state index contributed by atoms with van der Waals surface area (Å²) >= 11 is 0. The van der Waals surface area contributed by atoms with Gasteiger partial charge in [-0.3, -0.25) is 4.79 Å². The van der Waals surface area contributed by atoms with E-state index in [1.807, 2.05) is 5.32 Å². The number of benzene rings is 1. The fraction of sp³-hybridized carbons (Fsp3) is 0.385. The largest absolute Gasteiger partial charge is 0.498 e. The van der Waals surface area contributed by atoms with Gasteiger partial charge in [-0.2, -0.15) is 26.3 Å². The molecule has 1 aromatic carbocycles. The molecule has 0 fully saturated rings.